The van der Waals surface area contributed by atoms with Crippen molar-refractivity contribution in [3.05, 3.63) is 72.8 Å². The Kier molecular flexibility index (Phi) is 4.91. The second kappa shape index (κ2) is 6.71. The highest BCUT2D eigenvalue weighted by Gasteiger charge is 2.23. The number of allylic oxidation sites excluding steroid dienone is 2. The summed E-state index contributed by atoms with van der Waals surface area (Å²) in [5.41, 5.74) is 1.03. The maximum atomic E-state index is 12.9. The van der Waals surface area contributed by atoms with Crippen LogP contribution in [0.25, 0.3) is 0 Å². The molecule has 2 rings (SSSR count). The van der Waals surface area contributed by atoms with Crippen LogP contribution in [0.15, 0.2) is 71.5 Å². The maximum absolute atomic E-state index is 12.9. The van der Waals surface area contributed by atoms with E-state index in [9.17, 15) is 18.6 Å². The summed E-state index contributed by atoms with van der Waals surface area (Å²) in [6, 6.07) is 8.11. The molecule has 2 N–H and O–H groups in total. The molecule has 2 aromatic rings. The second-order valence-corrected chi connectivity index (χ2v) is 6.94. The Bertz CT molecular complexity index is 834. The van der Waals surface area contributed by atoms with E-state index in [1.165, 1.54) is 36.4 Å². The fourth-order valence-electron chi connectivity index (χ4n) is 2.40. The van der Waals surface area contributed by atoms with Gasteiger partial charge in [-0.25, -0.2) is 8.42 Å². The van der Waals surface area contributed by atoms with Gasteiger partial charge in [-0.2, -0.15) is 0 Å². The standard InChI is InChI=1S/C18H18O4S/c1-3-5-15-16(6-4-2)18(12-11-17(15)20)23(21,22)14-9-7-13(19)8-10-14/h3-4,7-12,19-20H,1-2,5-6H2. The van der Waals surface area contributed by atoms with E-state index < -0.39 is 9.84 Å². The normalized spacial score (nSPS) is 11.1. The number of hydrogen-bond acceptors (Lipinski definition) is 4. The Morgan fingerprint density at radius 3 is 2.00 bits per heavy atom. The van der Waals surface area contributed by atoms with Gasteiger partial charge in [-0.3, -0.25) is 0 Å². The van der Waals surface area contributed by atoms with E-state index in [4.69, 9.17) is 0 Å². The highest BCUT2D eigenvalue weighted by molar-refractivity contribution is 7.91. The van der Waals surface area contributed by atoms with E-state index in [0.29, 0.717) is 24.0 Å². The van der Waals surface area contributed by atoms with Gasteiger partial charge in [0.1, 0.15) is 11.5 Å². The summed E-state index contributed by atoms with van der Waals surface area (Å²) >= 11 is 0. The molecule has 0 aliphatic rings. The van der Waals surface area contributed by atoms with Crippen molar-refractivity contribution in [1.29, 1.82) is 0 Å². The largest absolute Gasteiger partial charge is 0.508 e. The van der Waals surface area contributed by atoms with E-state index in [0.717, 1.165) is 0 Å². The molecule has 0 saturated heterocycles. The summed E-state index contributed by atoms with van der Waals surface area (Å²) in [4.78, 5) is 0.202. The number of sulfone groups is 1. The highest BCUT2D eigenvalue weighted by atomic mass is 32.2. The first-order valence-electron chi connectivity index (χ1n) is 7.01. The zero-order valence-corrected chi connectivity index (χ0v) is 13.4. The van der Waals surface area contributed by atoms with Crippen LogP contribution >= 0.6 is 0 Å². The number of rotatable bonds is 6. The van der Waals surface area contributed by atoms with E-state index in [-0.39, 0.29) is 21.3 Å². The van der Waals surface area contributed by atoms with Gasteiger partial charge in [0.25, 0.3) is 0 Å². The molecule has 5 heteroatoms. The monoisotopic (exact) mass is 330 g/mol. The molecular weight excluding hydrogens is 312 g/mol. The van der Waals surface area contributed by atoms with Crippen molar-refractivity contribution < 1.29 is 18.6 Å². The quantitative estimate of drug-likeness (QED) is 0.796. The maximum Gasteiger partial charge on any atom is 0.206 e. The molecule has 120 valence electrons. The predicted octanol–water partition coefficient (Wildman–Crippen LogP) is 3.39. The lowest BCUT2D eigenvalue weighted by Gasteiger charge is -2.15. The van der Waals surface area contributed by atoms with Crippen LogP contribution < -0.4 is 0 Å². The van der Waals surface area contributed by atoms with Crippen molar-refractivity contribution in [2.24, 2.45) is 0 Å². The average molecular weight is 330 g/mol. The third-order valence-corrected chi connectivity index (χ3v) is 5.35. The van der Waals surface area contributed by atoms with Crippen LogP contribution in [0.1, 0.15) is 11.1 Å². The van der Waals surface area contributed by atoms with Gasteiger partial charge < -0.3 is 10.2 Å². The van der Waals surface area contributed by atoms with Crippen molar-refractivity contribution >= 4 is 9.84 Å². The lowest BCUT2D eigenvalue weighted by atomic mass is 10.0. The van der Waals surface area contributed by atoms with Gasteiger partial charge in [0.15, 0.2) is 0 Å². The number of phenols is 2. The summed E-state index contributed by atoms with van der Waals surface area (Å²) in [5.74, 6) is 0.0275. The molecule has 0 aliphatic heterocycles. The van der Waals surface area contributed by atoms with Gasteiger partial charge in [0.2, 0.25) is 9.84 Å². The second-order valence-electron chi connectivity index (χ2n) is 5.02. The lowest BCUT2D eigenvalue weighted by Crippen LogP contribution is -2.08. The summed E-state index contributed by atoms with van der Waals surface area (Å²) in [5, 5.41) is 19.4. The van der Waals surface area contributed by atoms with Crippen LogP contribution in [-0.4, -0.2) is 18.6 Å². The molecule has 0 aliphatic carbocycles. The van der Waals surface area contributed by atoms with E-state index in [1.54, 1.807) is 12.2 Å². The minimum absolute atomic E-state index is 0.00619. The van der Waals surface area contributed by atoms with Crippen LogP contribution in [-0.2, 0) is 22.7 Å². The average Bonchev–Trinajstić information content (AvgIpc) is 2.51. The van der Waals surface area contributed by atoms with Gasteiger partial charge >= 0.3 is 0 Å². The van der Waals surface area contributed by atoms with Gasteiger partial charge in [0, 0.05) is 5.56 Å². The fourth-order valence-corrected chi connectivity index (χ4v) is 3.93. The van der Waals surface area contributed by atoms with Crippen molar-refractivity contribution in [1.82, 2.24) is 0 Å². The Balaban J connectivity index is 2.70. The van der Waals surface area contributed by atoms with Gasteiger partial charge in [-0.1, -0.05) is 12.2 Å². The van der Waals surface area contributed by atoms with Crippen molar-refractivity contribution in [2.45, 2.75) is 22.6 Å². The first kappa shape index (κ1) is 16.8. The fraction of sp³-hybridized carbons (Fsp3) is 0.111. The molecule has 0 spiro atoms. The predicted molar refractivity (Wildman–Crippen MR) is 89.5 cm³/mol. The van der Waals surface area contributed by atoms with Gasteiger partial charge in [-0.15, -0.1) is 13.2 Å². The molecule has 2 aromatic carbocycles. The van der Waals surface area contributed by atoms with Crippen LogP contribution in [0.4, 0.5) is 0 Å². The van der Waals surface area contributed by atoms with Crippen LogP contribution in [0.5, 0.6) is 11.5 Å². The summed E-state index contributed by atoms with van der Waals surface area (Å²) in [7, 11) is -3.77. The van der Waals surface area contributed by atoms with Crippen LogP contribution in [0, 0.1) is 0 Å². The van der Waals surface area contributed by atoms with Gasteiger partial charge in [-0.05, 0) is 54.8 Å². The van der Waals surface area contributed by atoms with Crippen molar-refractivity contribution in [3.63, 3.8) is 0 Å². The minimum Gasteiger partial charge on any atom is -0.508 e. The number of hydrogen-bond donors (Lipinski definition) is 2. The molecule has 0 unspecified atom stereocenters. The SMILES string of the molecule is C=CCc1c(O)ccc(S(=O)(=O)c2ccc(O)cc2)c1CC=C. The number of phenolic OH excluding ortho intramolecular Hbond substituents is 2. The molecule has 0 bridgehead atoms. The Morgan fingerprint density at radius 1 is 0.870 bits per heavy atom. The topological polar surface area (TPSA) is 74.6 Å². The van der Waals surface area contributed by atoms with E-state index in [1.807, 2.05) is 0 Å². The highest BCUT2D eigenvalue weighted by Crippen LogP contribution is 2.32. The molecule has 4 nitrogen and oxygen atoms in total. The molecule has 0 fully saturated rings. The first-order chi connectivity index (χ1) is 10.9. The zero-order valence-electron chi connectivity index (χ0n) is 12.6. The molecular formula is C18H18O4S. The molecule has 0 atom stereocenters. The molecule has 0 radical (unpaired) electrons. The minimum atomic E-state index is -3.77. The molecule has 0 heterocycles. The zero-order chi connectivity index (χ0) is 17.0. The summed E-state index contributed by atoms with van der Waals surface area (Å²) < 4.78 is 25.8. The third kappa shape index (κ3) is 3.29. The first-order valence-corrected chi connectivity index (χ1v) is 8.49. The molecule has 0 saturated carbocycles. The van der Waals surface area contributed by atoms with Crippen LogP contribution in [0.2, 0.25) is 0 Å². The lowest BCUT2D eigenvalue weighted by molar-refractivity contribution is 0.468. The molecule has 0 amide bonds. The Morgan fingerprint density at radius 2 is 1.43 bits per heavy atom. The Hall–Kier alpha value is -2.53. The molecule has 0 aromatic heterocycles. The smallest absolute Gasteiger partial charge is 0.206 e. The Labute approximate surface area is 136 Å². The van der Waals surface area contributed by atoms with Gasteiger partial charge in [0.05, 0.1) is 9.79 Å². The summed E-state index contributed by atoms with van der Waals surface area (Å²) in [6.07, 6.45) is 3.87. The van der Waals surface area contributed by atoms with E-state index >= 15 is 0 Å². The summed E-state index contributed by atoms with van der Waals surface area (Å²) in [6.45, 7) is 7.30. The number of aromatic hydroxyl groups is 2. The number of benzene rings is 2. The van der Waals surface area contributed by atoms with E-state index in [2.05, 4.69) is 13.2 Å². The van der Waals surface area contributed by atoms with Crippen molar-refractivity contribution in [3.8, 4) is 11.5 Å². The molecule has 23 heavy (non-hydrogen) atoms. The van der Waals surface area contributed by atoms with Crippen LogP contribution in [0.3, 0.4) is 0 Å². The third-order valence-electron chi connectivity index (χ3n) is 3.50. The van der Waals surface area contributed by atoms with Crippen molar-refractivity contribution in [2.75, 3.05) is 0 Å².